The fourth-order valence-corrected chi connectivity index (χ4v) is 1.67. The van der Waals surface area contributed by atoms with Crippen molar-refractivity contribution < 1.29 is 4.74 Å². The minimum absolute atomic E-state index is 0.316. The number of anilines is 2. The van der Waals surface area contributed by atoms with Gasteiger partial charge in [0, 0.05) is 12.7 Å². The average molecular weight is 288 g/mol. The van der Waals surface area contributed by atoms with Crippen LogP contribution in [0.4, 0.5) is 11.9 Å². The average Bonchev–Trinajstić information content (AvgIpc) is 2.51. The number of hydrogen-bond donors (Lipinski definition) is 2. The van der Waals surface area contributed by atoms with Crippen LogP contribution >= 0.6 is 0 Å². The van der Waals surface area contributed by atoms with Crippen molar-refractivity contribution in [2.24, 2.45) is 0 Å². The third kappa shape index (κ3) is 4.55. The van der Waals surface area contributed by atoms with Crippen LogP contribution in [0, 0.1) is 6.92 Å². The number of nitrogens with one attached hydrogen (secondary N) is 2. The summed E-state index contributed by atoms with van der Waals surface area (Å²) in [6, 6.07) is 6.20. The molecule has 0 bridgehead atoms. The Labute approximate surface area is 124 Å². The van der Waals surface area contributed by atoms with Crippen LogP contribution in [0.1, 0.15) is 24.7 Å². The summed E-state index contributed by atoms with van der Waals surface area (Å²) in [5.74, 6) is 0.930. The topological polar surface area (TPSA) is 84.9 Å². The summed E-state index contributed by atoms with van der Waals surface area (Å²) in [5.41, 5.74) is 1.91. The molecule has 7 nitrogen and oxygen atoms in total. The molecule has 2 heterocycles. The maximum Gasteiger partial charge on any atom is 0.323 e. The first kappa shape index (κ1) is 15.0. The van der Waals surface area contributed by atoms with Crippen molar-refractivity contribution in [3.05, 3.63) is 29.6 Å². The van der Waals surface area contributed by atoms with E-state index in [4.69, 9.17) is 4.74 Å². The monoisotopic (exact) mass is 288 g/mol. The molecule has 0 aliphatic heterocycles. The zero-order valence-corrected chi connectivity index (χ0v) is 12.6. The molecule has 0 amide bonds. The van der Waals surface area contributed by atoms with Crippen LogP contribution in [-0.2, 0) is 6.54 Å². The molecule has 0 saturated heterocycles. The second kappa shape index (κ2) is 7.37. The predicted molar refractivity (Wildman–Crippen MR) is 81.5 cm³/mol. The molecule has 0 spiro atoms. The van der Waals surface area contributed by atoms with Gasteiger partial charge in [-0.3, -0.25) is 4.98 Å². The third-order valence-corrected chi connectivity index (χ3v) is 2.65. The molecule has 0 saturated carbocycles. The summed E-state index contributed by atoms with van der Waals surface area (Å²) in [7, 11) is 1.75. The minimum atomic E-state index is 0.316. The molecule has 0 aliphatic carbocycles. The van der Waals surface area contributed by atoms with Gasteiger partial charge in [0.1, 0.15) is 0 Å². The maximum absolute atomic E-state index is 5.45. The first-order valence-electron chi connectivity index (χ1n) is 6.94. The zero-order chi connectivity index (χ0) is 15.1. The first-order valence-corrected chi connectivity index (χ1v) is 6.94. The Balaban J connectivity index is 2.07. The Hall–Kier alpha value is -2.44. The van der Waals surface area contributed by atoms with Crippen molar-refractivity contribution in [1.82, 2.24) is 19.9 Å². The highest BCUT2D eigenvalue weighted by Gasteiger charge is 2.06. The van der Waals surface area contributed by atoms with Crippen LogP contribution in [0.2, 0.25) is 0 Å². The summed E-state index contributed by atoms with van der Waals surface area (Å²) < 4.78 is 5.45. The Morgan fingerprint density at radius 1 is 1.10 bits per heavy atom. The van der Waals surface area contributed by atoms with E-state index in [-0.39, 0.29) is 0 Å². The summed E-state index contributed by atoms with van der Waals surface area (Å²) in [6.45, 7) is 5.11. The molecule has 7 heteroatoms. The number of aromatic nitrogens is 4. The molecule has 2 N–H and O–H groups in total. The van der Waals surface area contributed by atoms with Gasteiger partial charge in [-0.2, -0.15) is 15.0 Å². The van der Waals surface area contributed by atoms with Gasteiger partial charge in [-0.15, -0.1) is 0 Å². The first-order chi connectivity index (χ1) is 10.2. The van der Waals surface area contributed by atoms with E-state index in [0.717, 1.165) is 17.8 Å². The van der Waals surface area contributed by atoms with Crippen molar-refractivity contribution >= 4 is 11.9 Å². The molecule has 2 aromatic rings. The highest BCUT2D eigenvalue weighted by atomic mass is 16.5. The number of pyridine rings is 1. The summed E-state index contributed by atoms with van der Waals surface area (Å²) in [4.78, 5) is 17.0. The second-order valence-corrected chi connectivity index (χ2v) is 4.49. The molecular weight excluding hydrogens is 268 g/mol. The van der Waals surface area contributed by atoms with Gasteiger partial charge in [0.25, 0.3) is 0 Å². The summed E-state index contributed by atoms with van der Waals surface area (Å²) >= 11 is 0. The standard InChI is InChI=1S/C14H20N6O/c1-4-8-21-14-19-12(15-3)18-13(20-14)16-9-11-7-5-6-10(2)17-11/h5-7H,4,8-9H2,1-3H3,(H2,15,16,18,19,20). The lowest BCUT2D eigenvalue weighted by molar-refractivity contribution is 0.292. The smallest absolute Gasteiger partial charge is 0.323 e. The molecule has 21 heavy (non-hydrogen) atoms. The lowest BCUT2D eigenvalue weighted by Gasteiger charge is -2.09. The van der Waals surface area contributed by atoms with Crippen LogP contribution in [0.3, 0.4) is 0 Å². The van der Waals surface area contributed by atoms with Crippen molar-refractivity contribution in [2.75, 3.05) is 24.3 Å². The van der Waals surface area contributed by atoms with E-state index in [0.29, 0.717) is 31.1 Å². The van der Waals surface area contributed by atoms with Crippen molar-refractivity contribution in [3.8, 4) is 6.01 Å². The summed E-state index contributed by atoms with van der Waals surface area (Å²) in [5, 5.41) is 6.03. The van der Waals surface area contributed by atoms with Gasteiger partial charge in [-0.05, 0) is 25.5 Å². The van der Waals surface area contributed by atoms with Crippen LogP contribution in [-0.4, -0.2) is 33.6 Å². The highest BCUT2D eigenvalue weighted by molar-refractivity contribution is 5.35. The Bertz CT molecular complexity index is 589. The van der Waals surface area contributed by atoms with Crippen molar-refractivity contribution in [3.63, 3.8) is 0 Å². The van der Waals surface area contributed by atoms with Gasteiger partial charge in [0.2, 0.25) is 11.9 Å². The fraction of sp³-hybridized carbons (Fsp3) is 0.429. The molecule has 0 radical (unpaired) electrons. The lowest BCUT2D eigenvalue weighted by Crippen LogP contribution is -2.10. The normalized spacial score (nSPS) is 10.2. The number of hydrogen-bond acceptors (Lipinski definition) is 7. The van der Waals surface area contributed by atoms with Crippen LogP contribution in [0.25, 0.3) is 0 Å². The van der Waals surface area contributed by atoms with E-state index >= 15 is 0 Å². The number of nitrogens with zero attached hydrogens (tertiary/aromatic N) is 4. The van der Waals surface area contributed by atoms with E-state index in [1.807, 2.05) is 32.0 Å². The van der Waals surface area contributed by atoms with Gasteiger partial charge >= 0.3 is 6.01 Å². The SMILES string of the molecule is CCCOc1nc(NC)nc(NCc2cccc(C)n2)n1. The Morgan fingerprint density at radius 2 is 1.90 bits per heavy atom. The van der Waals surface area contributed by atoms with Crippen molar-refractivity contribution in [2.45, 2.75) is 26.8 Å². The van der Waals surface area contributed by atoms with Crippen LogP contribution in [0.15, 0.2) is 18.2 Å². The van der Waals surface area contributed by atoms with Gasteiger partial charge in [0.15, 0.2) is 0 Å². The van der Waals surface area contributed by atoms with E-state index in [1.165, 1.54) is 0 Å². The van der Waals surface area contributed by atoms with Gasteiger partial charge < -0.3 is 15.4 Å². The van der Waals surface area contributed by atoms with E-state index < -0.39 is 0 Å². The molecule has 0 aromatic carbocycles. The molecule has 112 valence electrons. The number of ether oxygens (including phenoxy) is 1. The van der Waals surface area contributed by atoms with Gasteiger partial charge in [-0.25, -0.2) is 0 Å². The van der Waals surface area contributed by atoms with Gasteiger partial charge in [-0.1, -0.05) is 13.0 Å². The van der Waals surface area contributed by atoms with Crippen LogP contribution in [0.5, 0.6) is 6.01 Å². The second-order valence-electron chi connectivity index (χ2n) is 4.49. The van der Waals surface area contributed by atoms with E-state index in [2.05, 4.69) is 30.6 Å². The molecule has 0 unspecified atom stereocenters. The number of rotatable bonds is 7. The minimum Gasteiger partial charge on any atom is -0.463 e. The van der Waals surface area contributed by atoms with E-state index in [9.17, 15) is 0 Å². The zero-order valence-electron chi connectivity index (χ0n) is 12.6. The van der Waals surface area contributed by atoms with Crippen molar-refractivity contribution in [1.29, 1.82) is 0 Å². The van der Waals surface area contributed by atoms with Crippen LogP contribution < -0.4 is 15.4 Å². The quantitative estimate of drug-likeness (QED) is 0.806. The maximum atomic E-state index is 5.45. The molecular formula is C14H20N6O. The molecule has 0 aliphatic rings. The number of aryl methyl sites for hydroxylation is 1. The fourth-order valence-electron chi connectivity index (χ4n) is 1.67. The van der Waals surface area contributed by atoms with E-state index in [1.54, 1.807) is 7.05 Å². The molecule has 0 atom stereocenters. The molecule has 0 fully saturated rings. The summed E-state index contributed by atoms with van der Waals surface area (Å²) in [6.07, 6.45) is 0.899. The Kier molecular flexibility index (Phi) is 5.25. The largest absolute Gasteiger partial charge is 0.463 e. The molecule has 2 aromatic heterocycles. The van der Waals surface area contributed by atoms with Gasteiger partial charge in [0.05, 0.1) is 18.8 Å². The molecule has 2 rings (SSSR count). The highest BCUT2D eigenvalue weighted by Crippen LogP contribution is 2.12. The Morgan fingerprint density at radius 3 is 2.62 bits per heavy atom. The third-order valence-electron chi connectivity index (χ3n) is 2.65. The lowest BCUT2D eigenvalue weighted by atomic mass is 10.3. The predicted octanol–water partition coefficient (Wildman–Crippen LogP) is 2.02.